The number of fused-ring (bicyclic) bond motifs is 1. The van der Waals surface area contributed by atoms with E-state index >= 15 is 0 Å². The fraction of sp³-hybridized carbons (Fsp3) is 0.190. The zero-order chi connectivity index (χ0) is 19.8. The summed E-state index contributed by atoms with van der Waals surface area (Å²) >= 11 is 5.93. The molecule has 160 valence electrons. The van der Waals surface area contributed by atoms with Crippen molar-refractivity contribution in [1.29, 1.82) is 0 Å². The first kappa shape index (κ1) is 25.5. The van der Waals surface area contributed by atoms with Gasteiger partial charge in [0.15, 0.2) is 11.8 Å². The van der Waals surface area contributed by atoms with Gasteiger partial charge in [0, 0.05) is 23.5 Å². The first-order valence-electron chi connectivity index (χ1n) is 9.11. The molecule has 0 fully saturated rings. The fourth-order valence-corrected chi connectivity index (χ4v) is 2.83. The van der Waals surface area contributed by atoms with Crippen LogP contribution in [0.2, 0.25) is 5.02 Å². The molecule has 2 aromatic carbocycles. The number of aliphatic imine (C=N–C) groups is 1. The Balaban J connectivity index is 0.00000225. The number of guanidine groups is 1. The fourth-order valence-electron chi connectivity index (χ4n) is 2.70. The van der Waals surface area contributed by atoms with Crippen molar-refractivity contribution in [2.24, 2.45) is 16.5 Å². The summed E-state index contributed by atoms with van der Waals surface area (Å²) in [6.45, 7) is 1.41. The molecular formula is C21H25Cl3N6. The summed E-state index contributed by atoms with van der Waals surface area (Å²) in [4.78, 5) is 13.3. The van der Waals surface area contributed by atoms with Crippen LogP contribution in [0.15, 0.2) is 53.5 Å². The summed E-state index contributed by atoms with van der Waals surface area (Å²) in [6, 6.07) is 15.6. The number of hydrogen-bond donors (Lipinski definition) is 3. The van der Waals surface area contributed by atoms with Crippen molar-refractivity contribution in [3.05, 3.63) is 64.9 Å². The van der Waals surface area contributed by atoms with E-state index < -0.39 is 0 Å². The third kappa shape index (κ3) is 7.71. The summed E-state index contributed by atoms with van der Waals surface area (Å²) < 4.78 is 0. The van der Waals surface area contributed by atoms with Gasteiger partial charge in [0.1, 0.15) is 5.82 Å². The van der Waals surface area contributed by atoms with Crippen LogP contribution in [0.4, 0.5) is 5.82 Å². The molecule has 1 aromatic heterocycles. The lowest BCUT2D eigenvalue weighted by Gasteiger charge is -2.09. The minimum atomic E-state index is 0. The van der Waals surface area contributed by atoms with Crippen LogP contribution in [0.5, 0.6) is 0 Å². The third-order valence-electron chi connectivity index (χ3n) is 4.09. The molecule has 0 saturated carbocycles. The second kappa shape index (κ2) is 12.9. The van der Waals surface area contributed by atoms with Crippen LogP contribution in [-0.2, 0) is 0 Å². The lowest BCUT2D eigenvalue weighted by molar-refractivity contribution is 0.772. The monoisotopic (exact) mass is 466 g/mol. The molecule has 5 N–H and O–H groups in total. The predicted octanol–water partition coefficient (Wildman–Crippen LogP) is 4.76. The number of benzene rings is 2. The van der Waals surface area contributed by atoms with Crippen LogP contribution in [-0.4, -0.2) is 29.0 Å². The van der Waals surface area contributed by atoms with Gasteiger partial charge in [0.2, 0.25) is 0 Å². The summed E-state index contributed by atoms with van der Waals surface area (Å²) in [7, 11) is 0. The van der Waals surface area contributed by atoms with Crippen molar-refractivity contribution < 1.29 is 0 Å². The maximum atomic E-state index is 5.93. The third-order valence-corrected chi connectivity index (χ3v) is 4.34. The van der Waals surface area contributed by atoms with Gasteiger partial charge in [-0.05, 0) is 48.7 Å². The Morgan fingerprint density at radius 3 is 2.43 bits per heavy atom. The highest BCUT2D eigenvalue weighted by Crippen LogP contribution is 2.21. The molecule has 0 saturated heterocycles. The van der Waals surface area contributed by atoms with Gasteiger partial charge in [-0.2, -0.15) is 0 Å². The number of nitrogens with one attached hydrogen (secondary N) is 1. The van der Waals surface area contributed by atoms with E-state index in [9.17, 15) is 0 Å². The molecule has 0 spiro atoms. The standard InChI is InChI=1S/C21H23ClN6.2ClH/c22-16-10-7-15(8-11-16)9-12-19-27-18-6-2-1-5-17(18)20(28-19)25-13-3-4-14-26-21(23)24;;/h1-2,5-12H,3-4,13-14H2,(H4,23,24,26)(H,25,27,28);2*1H. The zero-order valence-electron chi connectivity index (χ0n) is 16.3. The number of nitrogens with two attached hydrogens (primary N) is 2. The number of hydrogen-bond acceptors (Lipinski definition) is 4. The SMILES string of the molecule is Cl.Cl.NC(N)=NCCCCNc1nc(C=Cc2ccc(Cl)cc2)nc2ccccc12. The quantitative estimate of drug-likeness (QED) is 0.252. The number of para-hydroxylation sites is 1. The number of halogens is 3. The van der Waals surface area contributed by atoms with Gasteiger partial charge >= 0.3 is 0 Å². The van der Waals surface area contributed by atoms with E-state index in [1.807, 2.05) is 60.7 Å². The van der Waals surface area contributed by atoms with Gasteiger partial charge in [-0.1, -0.05) is 41.9 Å². The molecule has 0 atom stereocenters. The molecule has 9 heteroatoms. The highest BCUT2D eigenvalue weighted by Gasteiger charge is 2.05. The van der Waals surface area contributed by atoms with Crippen molar-refractivity contribution in [3.8, 4) is 0 Å². The topological polar surface area (TPSA) is 102 Å². The average molecular weight is 468 g/mol. The molecule has 30 heavy (non-hydrogen) atoms. The molecule has 1 heterocycles. The molecule has 0 unspecified atom stereocenters. The second-order valence-corrected chi connectivity index (χ2v) is 6.71. The van der Waals surface area contributed by atoms with Crippen molar-refractivity contribution in [3.63, 3.8) is 0 Å². The van der Waals surface area contributed by atoms with Crippen LogP contribution in [0, 0.1) is 0 Å². The number of anilines is 1. The Labute approximate surface area is 193 Å². The number of rotatable bonds is 8. The lowest BCUT2D eigenvalue weighted by Crippen LogP contribution is -2.23. The van der Waals surface area contributed by atoms with Gasteiger partial charge in [0.05, 0.1) is 5.52 Å². The zero-order valence-corrected chi connectivity index (χ0v) is 18.7. The Kier molecular flexibility index (Phi) is 11.0. The van der Waals surface area contributed by atoms with Crippen molar-refractivity contribution in [2.45, 2.75) is 12.8 Å². The summed E-state index contributed by atoms with van der Waals surface area (Å²) in [5.74, 6) is 1.60. The Morgan fingerprint density at radius 1 is 0.967 bits per heavy atom. The Hall–Kier alpha value is -2.54. The van der Waals surface area contributed by atoms with E-state index in [1.165, 1.54) is 0 Å². The lowest BCUT2D eigenvalue weighted by atomic mass is 10.2. The first-order valence-corrected chi connectivity index (χ1v) is 9.49. The number of aromatic nitrogens is 2. The van der Waals surface area contributed by atoms with Crippen LogP contribution in [0.25, 0.3) is 23.1 Å². The first-order chi connectivity index (χ1) is 13.6. The normalized spacial score (nSPS) is 10.3. The Bertz CT molecular complexity index is 986. The largest absolute Gasteiger partial charge is 0.370 e. The second-order valence-electron chi connectivity index (χ2n) is 6.27. The Morgan fingerprint density at radius 2 is 1.70 bits per heavy atom. The molecule has 0 radical (unpaired) electrons. The summed E-state index contributed by atoms with van der Waals surface area (Å²) in [6.07, 6.45) is 5.71. The number of nitrogens with zero attached hydrogens (tertiary/aromatic N) is 3. The predicted molar refractivity (Wildman–Crippen MR) is 133 cm³/mol. The molecule has 0 aliphatic heterocycles. The minimum Gasteiger partial charge on any atom is -0.370 e. The van der Waals surface area contributed by atoms with E-state index in [0.29, 0.717) is 17.4 Å². The molecular weight excluding hydrogens is 443 g/mol. The molecule has 0 amide bonds. The van der Waals surface area contributed by atoms with Crippen LogP contribution in [0.3, 0.4) is 0 Å². The van der Waals surface area contributed by atoms with E-state index in [4.69, 9.17) is 23.1 Å². The molecule has 3 aromatic rings. The molecule has 6 nitrogen and oxygen atoms in total. The van der Waals surface area contributed by atoms with Gasteiger partial charge in [-0.15, -0.1) is 24.8 Å². The van der Waals surface area contributed by atoms with Gasteiger partial charge in [0.25, 0.3) is 0 Å². The maximum absolute atomic E-state index is 5.93. The van der Waals surface area contributed by atoms with Crippen LogP contribution < -0.4 is 16.8 Å². The highest BCUT2D eigenvalue weighted by molar-refractivity contribution is 6.30. The van der Waals surface area contributed by atoms with Crippen molar-refractivity contribution >= 4 is 71.2 Å². The molecule has 0 aliphatic carbocycles. The minimum absolute atomic E-state index is 0. The number of unbranched alkanes of at least 4 members (excludes halogenated alkanes) is 1. The smallest absolute Gasteiger partial charge is 0.185 e. The van der Waals surface area contributed by atoms with Gasteiger partial charge in [-0.25, -0.2) is 9.97 Å². The van der Waals surface area contributed by atoms with E-state index in [2.05, 4.69) is 20.3 Å². The van der Waals surface area contributed by atoms with Crippen molar-refractivity contribution in [2.75, 3.05) is 18.4 Å². The average Bonchev–Trinajstić information content (AvgIpc) is 2.70. The highest BCUT2D eigenvalue weighted by atomic mass is 35.5. The van der Waals surface area contributed by atoms with E-state index in [1.54, 1.807) is 0 Å². The van der Waals surface area contributed by atoms with Gasteiger partial charge in [-0.3, -0.25) is 4.99 Å². The molecule has 3 rings (SSSR count). The van der Waals surface area contributed by atoms with Crippen LogP contribution >= 0.6 is 36.4 Å². The van der Waals surface area contributed by atoms with E-state index in [0.717, 1.165) is 41.7 Å². The summed E-state index contributed by atoms with van der Waals surface area (Å²) in [5, 5.41) is 5.12. The van der Waals surface area contributed by atoms with Crippen molar-refractivity contribution in [1.82, 2.24) is 9.97 Å². The van der Waals surface area contributed by atoms with Crippen LogP contribution in [0.1, 0.15) is 24.2 Å². The van der Waals surface area contributed by atoms with E-state index in [-0.39, 0.29) is 30.8 Å². The summed E-state index contributed by atoms with van der Waals surface area (Å²) in [5.41, 5.74) is 12.6. The molecule has 0 bridgehead atoms. The maximum Gasteiger partial charge on any atom is 0.185 e. The molecule has 0 aliphatic rings. The van der Waals surface area contributed by atoms with Gasteiger partial charge < -0.3 is 16.8 Å².